The molecule has 1 heterocycles. The molecular formula is C43H77N4O17P. The molecule has 1 saturated heterocycles. The van der Waals surface area contributed by atoms with Gasteiger partial charge in [-0.05, 0) is 25.7 Å². The standard InChI is InChI=1S/C43H77N4O17P/c1-3-5-7-9-11-13-15-20-41(57)61-31-35(64-42(58)21-16-14-12-10-8-6-4-2)32-63-65(59,60)62-26-23-44-36(48)19-17-18-22-43(47(29-39(53)54)30-40(55)56)33-45(27-37(49)50)24-25-46(34-43)28-38(51)52/h35H,3-34H2,1-2H3,(H,44,48)(H,49,50)(H,51,52)(H,53,54)(H,55,56)(H,59,60). The van der Waals surface area contributed by atoms with Crippen molar-refractivity contribution in [2.24, 2.45) is 0 Å². The number of phosphoric ester groups is 1. The number of aliphatic carboxylic acids is 4. The van der Waals surface area contributed by atoms with Gasteiger partial charge < -0.3 is 40.1 Å². The van der Waals surface area contributed by atoms with Crippen molar-refractivity contribution in [3.63, 3.8) is 0 Å². The van der Waals surface area contributed by atoms with E-state index in [0.29, 0.717) is 12.8 Å². The van der Waals surface area contributed by atoms with Crippen LogP contribution < -0.4 is 5.32 Å². The van der Waals surface area contributed by atoms with Gasteiger partial charge >= 0.3 is 43.6 Å². The number of rotatable bonds is 40. The number of amides is 1. The average Bonchev–Trinajstić information content (AvgIpc) is 3.39. The Morgan fingerprint density at radius 2 is 1.11 bits per heavy atom. The Hall–Kier alpha value is -3.72. The van der Waals surface area contributed by atoms with Gasteiger partial charge in [0, 0.05) is 57.5 Å². The van der Waals surface area contributed by atoms with Crippen molar-refractivity contribution in [2.45, 2.75) is 154 Å². The molecule has 1 fully saturated rings. The summed E-state index contributed by atoms with van der Waals surface area (Å²) in [5, 5.41) is 40.9. The highest BCUT2D eigenvalue weighted by Gasteiger charge is 2.43. The molecule has 2 atom stereocenters. The molecule has 0 aliphatic carbocycles. The van der Waals surface area contributed by atoms with E-state index in [1.807, 2.05) is 0 Å². The van der Waals surface area contributed by atoms with Crippen molar-refractivity contribution in [2.75, 3.05) is 78.7 Å². The third-order valence-corrected chi connectivity index (χ3v) is 11.9. The molecule has 0 aromatic carbocycles. The molecule has 0 bridgehead atoms. The van der Waals surface area contributed by atoms with E-state index >= 15 is 0 Å². The summed E-state index contributed by atoms with van der Waals surface area (Å²) in [7, 11) is -4.73. The number of carboxylic acids is 4. The van der Waals surface area contributed by atoms with Crippen LogP contribution in [0.1, 0.15) is 142 Å². The van der Waals surface area contributed by atoms with E-state index in [2.05, 4.69) is 19.2 Å². The van der Waals surface area contributed by atoms with Crippen molar-refractivity contribution in [3.8, 4) is 0 Å². The number of carbonyl (C=O) groups is 7. The van der Waals surface area contributed by atoms with Crippen LogP contribution in [0.4, 0.5) is 0 Å². The minimum atomic E-state index is -4.73. The molecule has 0 saturated carbocycles. The van der Waals surface area contributed by atoms with Crippen LogP contribution in [-0.4, -0.2) is 172 Å². The maximum atomic E-state index is 12.7. The van der Waals surface area contributed by atoms with Crippen molar-refractivity contribution in [1.29, 1.82) is 0 Å². The summed E-state index contributed by atoms with van der Waals surface area (Å²) in [5.41, 5.74) is -1.31. The van der Waals surface area contributed by atoms with E-state index < -0.39 is 101 Å². The van der Waals surface area contributed by atoms with Gasteiger partial charge in [-0.25, -0.2) is 4.57 Å². The average molecular weight is 953 g/mol. The zero-order valence-electron chi connectivity index (χ0n) is 38.6. The van der Waals surface area contributed by atoms with E-state index in [4.69, 9.17) is 18.5 Å². The van der Waals surface area contributed by atoms with Gasteiger partial charge in [0.15, 0.2) is 6.10 Å². The predicted octanol–water partition coefficient (Wildman–Crippen LogP) is 4.53. The zero-order chi connectivity index (χ0) is 48.5. The summed E-state index contributed by atoms with van der Waals surface area (Å²) in [6, 6.07) is 0. The smallest absolute Gasteiger partial charge is 0.472 e. The van der Waals surface area contributed by atoms with E-state index in [1.165, 1.54) is 21.1 Å². The lowest BCUT2D eigenvalue weighted by atomic mass is 9.88. The summed E-state index contributed by atoms with van der Waals surface area (Å²) in [5.74, 6) is -6.55. The topological polar surface area (TPSA) is 296 Å². The highest BCUT2D eigenvalue weighted by Crippen LogP contribution is 2.43. The summed E-state index contributed by atoms with van der Waals surface area (Å²) >= 11 is 0. The lowest BCUT2D eigenvalue weighted by molar-refractivity contribution is -0.161. The Morgan fingerprint density at radius 1 is 0.631 bits per heavy atom. The number of nitrogens with one attached hydrogen (secondary N) is 1. The summed E-state index contributed by atoms with van der Waals surface area (Å²) in [6.45, 7) is 0.422. The Bertz CT molecular complexity index is 1450. The normalized spacial score (nSPS) is 15.7. The molecule has 1 aliphatic rings. The number of hydrogen-bond acceptors (Lipinski definition) is 15. The van der Waals surface area contributed by atoms with Gasteiger partial charge in [0.25, 0.3) is 0 Å². The first-order chi connectivity index (χ1) is 30.9. The number of carbonyl (C=O) groups excluding carboxylic acids is 3. The predicted molar refractivity (Wildman–Crippen MR) is 237 cm³/mol. The molecule has 0 spiro atoms. The summed E-state index contributed by atoms with van der Waals surface area (Å²) in [6.07, 6.45) is 13.6. The molecule has 65 heavy (non-hydrogen) atoms. The number of esters is 2. The number of nitrogens with zero attached hydrogens (tertiary/aromatic N) is 3. The number of phosphoric acid groups is 1. The van der Waals surface area contributed by atoms with E-state index in [0.717, 1.165) is 70.6 Å². The second kappa shape index (κ2) is 34.6. The Balaban J connectivity index is 2.78. The lowest BCUT2D eigenvalue weighted by Crippen LogP contribution is -2.62. The van der Waals surface area contributed by atoms with Gasteiger partial charge in [0.05, 0.1) is 39.4 Å². The largest absolute Gasteiger partial charge is 0.480 e. The van der Waals surface area contributed by atoms with Crippen molar-refractivity contribution in [1.82, 2.24) is 20.0 Å². The minimum absolute atomic E-state index is 0.0670. The van der Waals surface area contributed by atoms with Crippen molar-refractivity contribution < 1.29 is 82.0 Å². The Morgan fingerprint density at radius 3 is 1.60 bits per heavy atom. The Kier molecular flexibility index (Phi) is 31.5. The van der Waals surface area contributed by atoms with Crippen LogP contribution in [-0.2, 0) is 56.6 Å². The Labute approximate surface area is 383 Å². The van der Waals surface area contributed by atoms with Gasteiger partial charge in [-0.2, -0.15) is 0 Å². The fraction of sp³-hybridized carbons (Fsp3) is 0.837. The maximum absolute atomic E-state index is 12.7. The first-order valence-electron chi connectivity index (χ1n) is 23.2. The number of carboxylic acid groups (broad SMARTS) is 4. The van der Waals surface area contributed by atoms with Gasteiger partial charge in [0.2, 0.25) is 5.91 Å². The van der Waals surface area contributed by atoms with Crippen LogP contribution in [0.3, 0.4) is 0 Å². The molecule has 1 rings (SSSR count). The van der Waals surface area contributed by atoms with Gasteiger partial charge in [-0.15, -0.1) is 0 Å². The summed E-state index contributed by atoms with van der Waals surface area (Å²) in [4.78, 5) is 99.5. The number of unbranched alkanes of at least 4 members (excludes halogenated alkanes) is 13. The highest BCUT2D eigenvalue weighted by atomic mass is 31.2. The first-order valence-corrected chi connectivity index (χ1v) is 24.7. The fourth-order valence-electron chi connectivity index (χ4n) is 7.68. The number of ether oxygens (including phenoxy) is 2. The third-order valence-electron chi connectivity index (χ3n) is 10.9. The molecule has 2 unspecified atom stereocenters. The zero-order valence-corrected chi connectivity index (χ0v) is 39.5. The van der Waals surface area contributed by atoms with Gasteiger partial charge in [-0.3, -0.25) is 57.3 Å². The molecule has 22 heteroatoms. The quantitative estimate of drug-likeness (QED) is 0.0279. The third kappa shape index (κ3) is 30.2. The monoisotopic (exact) mass is 953 g/mol. The first kappa shape index (κ1) is 59.3. The second-order valence-electron chi connectivity index (χ2n) is 16.8. The van der Waals surface area contributed by atoms with Gasteiger partial charge in [0.1, 0.15) is 6.61 Å². The minimum Gasteiger partial charge on any atom is -0.480 e. The molecule has 376 valence electrons. The van der Waals surface area contributed by atoms with Crippen LogP contribution >= 0.6 is 7.82 Å². The molecule has 0 radical (unpaired) electrons. The second-order valence-corrected chi connectivity index (χ2v) is 18.2. The van der Waals surface area contributed by atoms with E-state index in [9.17, 15) is 63.4 Å². The van der Waals surface area contributed by atoms with Crippen LogP contribution in [0.15, 0.2) is 0 Å². The maximum Gasteiger partial charge on any atom is 0.472 e. The van der Waals surface area contributed by atoms with E-state index in [-0.39, 0.29) is 77.9 Å². The highest BCUT2D eigenvalue weighted by molar-refractivity contribution is 7.47. The molecule has 1 amide bonds. The van der Waals surface area contributed by atoms with Crippen LogP contribution in [0.25, 0.3) is 0 Å². The van der Waals surface area contributed by atoms with Crippen LogP contribution in [0.5, 0.6) is 0 Å². The molecule has 0 aromatic rings. The molecule has 0 aromatic heterocycles. The van der Waals surface area contributed by atoms with Crippen LogP contribution in [0.2, 0.25) is 0 Å². The molecular weight excluding hydrogens is 875 g/mol. The molecule has 1 aliphatic heterocycles. The molecule has 6 N–H and O–H groups in total. The number of hydrogen-bond donors (Lipinski definition) is 6. The van der Waals surface area contributed by atoms with Gasteiger partial charge in [-0.1, -0.05) is 97.3 Å². The van der Waals surface area contributed by atoms with Crippen molar-refractivity contribution in [3.05, 3.63) is 0 Å². The van der Waals surface area contributed by atoms with Crippen molar-refractivity contribution >= 4 is 49.5 Å². The summed E-state index contributed by atoms with van der Waals surface area (Å²) < 4.78 is 33.7. The van der Waals surface area contributed by atoms with Crippen LogP contribution in [0, 0.1) is 0 Å². The lowest BCUT2D eigenvalue weighted by Gasteiger charge is -2.45. The SMILES string of the molecule is CCCCCCCCCC(=O)OCC(COP(=O)(O)OCCNC(=O)CCCCC1(N(CC(=O)O)CC(=O)O)CN(CC(=O)O)CCN(CC(=O)O)C1)OC(=O)CCCCCCCCC. The molecule has 21 nitrogen and oxygen atoms in total. The van der Waals surface area contributed by atoms with E-state index in [1.54, 1.807) is 0 Å². The fourth-order valence-corrected chi connectivity index (χ4v) is 8.43.